The zero-order valence-electron chi connectivity index (χ0n) is 12.5. The maximum absolute atomic E-state index is 10.8. The van der Waals surface area contributed by atoms with Crippen molar-refractivity contribution in [3.63, 3.8) is 0 Å². The van der Waals surface area contributed by atoms with Gasteiger partial charge in [0.1, 0.15) is 29.5 Å². The number of aromatic hydroxyl groups is 2. The number of phenolic OH excluding ortho intramolecular Hbond substituents is 2. The first-order chi connectivity index (χ1) is 11.5. The number of carboxylic acids is 1. The fourth-order valence-corrected chi connectivity index (χ4v) is 2.41. The Balaban J connectivity index is 1.85. The van der Waals surface area contributed by atoms with E-state index >= 15 is 0 Å². The Hall–Kier alpha value is -3.35. The van der Waals surface area contributed by atoms with Gasteiger partial charge in [0.2, 0.25) is 0 Å². The molecule has 0 fully saturated rings. The van der Waals surface area contributed by atoms with E-state index in [2.05, 4.69) is 0 Å². The average Bonchev–Trinajstić information content (AvgIpc) is 2.91. The van der Waals surface area contributed by atoms with Gasteiger partial charge < -0.3 is 30.2 Å². The Morgan fingerprint density at radius 3 is 2.67 bits per heavy atom. The number of phenols is 2. The molecule has 2 aromatic carbocycles. The molecule has 7 nitrogen and oxygen atoms in total. The molecule has 0 saturated heterocycles. The highest BCUT2D eigenvalue weighted by atomic mass is 16.5. The molecule has 1 heterocycles. The first kappa shape index (κ1) is 15.5. The zero-order chi connectivity index (χ0) is 17.3. The van der Waals surface area contributed by atoms with E-state index in [0.717, 1.165) is 0 Å². The third kappa shape index (κ3) is 2.91. The minimum absolute atomic E-state index is 0.0428. The van der Waals surface area contributed by atoms with Crippen molar-refractivity contribution >= 4 is 22.6 Å². The van der Waals surface area contributed by atoms with E-state index in [1.165, 1.54) is 24.5 Å². The smallest absolute Gasteiger partial charge is 0.307 e. The molecule has 24 heavy (non-hydrogen) atoms. The minimum Gasteiger partial charge on any atom is -0.508 e. The monoisotopic (exact) mass is 329 g/mol. The van der Waals surface area contributed by atoms with E-state index in [-0.39, 0.29) is 30.2 Å². The third-order valence-corrected chi connectivity index (χ3v) is 3.61. The molecule has 0 bridgehead atoms. The summed E-state index contributed by atoms with van der Waals surface area (Å²) >= 11 is 0. The number of benzene rings is 2. The molecule has 5 N–H and O–H groups in total. The molecule has 0 aliphatic heterocycles. The Labute approximate surface area is 136 Å². The molecule has 0 atom stereocenters. The van der Waals surface area contributed by atoms with Crippen LogP contribution in [0.5, 0.6) is 17.2 Å². The van der Waals surface area contributed by atoms with Gasteiger partial charge >= 0.3 is 5.97 Å². The van der Waals surface area contributed by atoms with Gasteiger partial charge in [0.05, 0.1) is 12.7 Å². The second-order valence-corrected chi connectivity index (χ2v) is 5.29. The average molecular weight is 329 g/mol. The highest BCUT2D eigenvalue weighted by Crippen LogP contribution is 2.34. The molecule has 124 valence electrons. The summed E-state index contributed by atoms with van der Waals surface area (Å²) in [5.74, 6) is -0.735. The Morgan fingerprint density at radius 1 is 1.17 bits per heavy atom. The zero-order valence-corrected chi connectivity index (χ0v) is 12.5. The van der Waals surface area contributed by atoms with Crippen molar-refractivity contribution < 1.29 is 29.3 Å². The van der Waals surface area contributed by atoms with Crippen molar-refractivity contribution in [3.8, 4) is 17.2 Å². The quantitative estimate of drug-likeness (QED) is 0.530. The Morgan fingerprint density at radius 2 is 1.96 bits per heavy atom. The number of carboxylic acid groups (broad SMARTS) is 1. The van der Waals surface area contributed by atoms with Crippen molar-refractivity contribution in [1.29, 1.82) is 0 Å². The lowest BCUT2D eigenvalue weighted by Gasteiger charge is -2.10. The van der Waals surface area contributed by atoms with E-state index in [1.807, 2.05) is 0 Å². The van der Waals surface area contributed by atoms with Gasteiger partial charge in [-0.3, -0.25) is 4.79 Å². The highest BCUT2D eigenvalue weighted by molar-refractivity contribution is 5.95. The summed E-state index contributed by atoms with van der Waals surface area (Å²) in [4.78, 5) is 10.8. The van der Waals surface area contributed by atoms with Crippen molar-refractivity contribution in [2.24, 2.45) is 0 Å². The van der Waals surface area contributed by atoms with Crippen molar-refractivity contribution in [2.45, 2.75) is 13.0 Å². The lowest BCUT2D eigenvalue weighted by atomic mass is 10.1. The topological polar surface area (TPSA) is 126 Å². The second-order valence-electron chi connectivity index (χ2n) is 5.29. The van der Waals surface area contributed by atoms with Crippen molar-refractivity contribution in [2.75, 3.05) is 5.73 Å². The maximum atomic E-state index is 10.8. The van der Waals surface area contributed by atoms with E-state index in [0.29, 0.717) is 27.8 Å². The van der Waals surface area contributed by atoms with Crippen molar-refractivity contribution in [3.05, 3.63) is 47.7 Å². The van der Waals surface area contributed by atoms with Gasteiger partial charge in [-0.25, -0.2) is 0 Å². The number of ether oxygens (including phenoxy) is 1. The van der Waals surface area contributed by atoms with E-state index in [1.54, 1.807) is 12.1 Å². The van der Waals surface area contributed by atoms with Crippen LogP contribution >= 0.6 is 0 Å². The van der Waals surface area contributed by atoms with Gasteiger partial charge in [0.15, 0.2) is 5.58 Å². The first-order valence-corrected chi connectivity index (χ1v) is 7.09. The van der Waals surface area contributed by atoms with E-state index < -0.39 is 5.97 Å². The normalized spacial score (nSPS) is 10.8. The molecule has 3 rings (SSSR count). The fraction of sp³-hybridized carbons (Fsp3) is 0.118. The number of hydrogen-bond donors (Lipinski definition) is 4. The summed E-state index contributed by atoms with van der Waals surface area (Å²) in [6, 6.07) is 7.50. The molecule has 3 aromatic rings. The van der Waals surface area contributed by atoms with Crippen LogP contribution in [0.1, 0.15) is 11.1 Å². The largest absolute Gasteiger partial charge is 0.508 e. The first-order valence-electron chi connectivity index (χ1n) is 7.09. The van der Waals surface area contributed by atoms with Crippen LogP contribution in [0.2, 0.25) is 0 Å². The van der Waals surface area contributed by atoms with Crippen molar-refractivity contribution in [1.82, 2.24) is 0 Å². The highest BCUT2D eigenvalue weighted by Gasteiger charge is 2.15. The predicted octanol–water partition coefficient (Wildman–Crippen LogP) is 2.63. The molecule has 0 radical (unpaired) electrons. The second kappa shape index (κ2) is 6.04. The van der Waals surface area contributed by atoms with Gasteiger partial charge in [0, 0.05) is 22.6 Å². The summed E-state index contributed by atoms with van der Waals surface area (Å²) in [6.45, 7) is 0.0461. The SMILES string of the molecule is Nc1c(OCc2ccc(O)cc2O)ccc2c(CC(=O)O)coc12. The number of aliphatic carboxylic acids is 1. The van der Waals surface area contributed by atoms with Gasteiger partial charge in [0.25, 0.3) is 0 Å². The van der Waals surface area contributed by atoms with Gasteiger partial charge in [-0.05, 0) is 24.3 Å². The number of hydrogen-bond acceptors (Lipinski definition) is 6. The van der Waals surface area contributed by atoms with Crippen LogP contribution in [0.25, 0.3) is 11.0 Å². The summed E-state index contributed by atoms with van der Waals surface area (Å²) in [5.41, 5.74) is 7.65. The van der Waals surface area contributed by atoms with Crippen LogP contribution in [-0.2, 0) is 17.8 Å². The molecular weight excluding hydrogens is 314 g/mol. The Kier molecular flexibility index (Phi) is 3.91. The summed E-state index contributed by atoms with van der Waals surface area (Å²) < 4.78 is 11.0. The van der Waals surface area contributed by atoms with Crippen LogP contribution in [-0.4, -0.2) is 21.3 Å². The number of rotatable bonds is 5. The van der Waals surface area contributed by atoms with Gasteiger partial charge in [-0.1, -0.05) is 0 Å². The predicted molar refractivity (Wildman–Crippen MR) is 86.1 cm³/mol. The molecule has 0 saturated carbocycles. The molecule has 0 unspecified atom stereocenters. The molecule has 0 spiro atoms. The standard InChI is InChI=1S/C17H15NO6/c18-16-14(23-7-9-1-2-11(19)6-13(9)20)4-3-12-10(5-15(21)22)8-24-17(12)16/h1-4,6,8,19-20H,5,7,18H2,(H,21,22). The lowest BCUT2D eigenvalue weighted by Crippen LogP contribution is -2.00. The summed E-state index contributed by atoms with van der Waals surface area (Å²) in [5, 5.41) is 28.5. The molecule has 1 aromatic heterocycles. The van der Waals surface area contributed by atoms with E-state index in [9.17, 15) is 15.0 Å². The number of furan rings is 1. The fourth-order valence-electron chi connectivity index (χ4n) is 2.41. The maximum Gasteiger partial charge on any atom is 0.307 e. The van der Waals surface area contributed by atoms with Gasteiger partial charge in [-0.2, -0.15) is 0 Å². The summed E-state index contributed by atoms with van der Waals surface area (Å²) in [7, 11) is 0. The summed E-state index contributed by atoms with van der Waals surface area (Å²) in [6.07, 6.45) is 1.21. The molecule has 7 heteroatoms. The molecule has 0 aliphatic rings. The Bertz CT molecular complexity index is 915. The number of carbonyl (C=O) groups is 1. The molecular formula is C17H15NO6. The third-order valence-electron chi connectivity index (χ3n) is 3.61. The van der Waals surface area contributed by atoms with Gasteiger partial charge in [-0.15, -0.1) is 0 Å². The van der Waals surface area contributed by atoms with Crippen LogP contribution in [0, 0.1) is 0 Å². The lowest BCUT2D eigenvalue weighted by molar-refractivity contribution is -0.136. The number of nitrogens with two attached hydrogens (primary N) is 1. The van der Waals surface area contributed by atoms with E-state index in [4.69, 9.17) is 20.0 Å². The minimum atomic E-state index is -0.959. The number of nitrogen functional groups attached to an aromatic ring is 1. The number of fused-ring (bicyclic) bond motifs is 1. The van der Waals surface area contributed by atoms with Crippen LogP contribution in [0.3, 0.4) is 0 Å². The van der Waals surface area contributed by atoms with Crippen LogP contribution < -0.4 is 10.5 Å². The van der Waals surface area contributed by atoms with Crippen LogP contribution in [0.15, 0.2) is 41.0 Å². The number of anilines is 1. The molecule has 0 aliphatic carbocycles. The molecule has 0 amide bonds. The van der Waals surface area contributed by atoms with Crippen LogP contribution in [0.4, 0.5) is 5.69 Å².